The predicted molar refractivity (Wildman–Crippen MR) is 90.6 cm³/mol. The second-order valence-corrected chi connectivity index (χ2v) is 6.06. The van der Waals surface area contributed by atoms with Gasteiger partial charge in [-0.25, -0.2) is 0 Å². The van der Waals surface area contributed by atoms with E-state index in [1.807, 2.05) is 12.4 Å². The van der Waals surface area contributed by atoms with Crippen LogP contribution >= 0.6 is 0 Å². The predicted octanol–water partition coefficient (Wildman–Crippen LogP) is 5.17. The fourth-order valence-electron chi connectivity index (χ4n) is 3.12. The molecule has 1 heterocycles. The second kappa shape index (κ2) is 6.26. The highest BCUT2D eigenvalue weighted by Crippen LogP contribution is 2.38. The zero-order valence-electron chi connectivity index (χ0n) is 13.6. The van der Waals surface area contributed by atoms with Gasteiger partial charge in [0.15, 0.2) is 0 Å². The maximum atomic E-state index is 4.30. The molecule has 1 aromatic heterocycles. The van der Waals surface area contributed by atoms with Crippen LogP contribution in [0, 0.1) is 13.8 Å². The van der Waals surface area contributed by atoms with E-state index < -0.39 is 0 Å². The maximum Gasteiger partial charge on any atom is 0.0270 e. The first-order valence-corrected chi connectivity index (χ1v) is 7.62. The molecule has 110 valence electrons. The summed E-state index contributed by atoms with van der Waals surface area (Å²) in [7, 11) is 0. The molecule has 2 rings (SSSR count). The van der Waals surface area contributed by atoms with E-state index in [9.17, 15) is 0 Å². The molecule has 0 saturated carbocycles. The molecule has 1 heteroatoms. The van der Waals surface area contributed by atoms with Gasteiger partial charge in [0, 0.05) is 17.8 Å². The van der Waals surface area contributed by atoms with E-state index in [-0.39, 0.29) is 5.41 Å². The third-order valence-corrected chi connectivity index (χ3v) is 4.65. The third-order valence-electron chi connectivity index (χ3n) is 4.65. The standard InChI is InChI=1S/C20H25N/c1-6-20(15(2)3,19-9-11-21-12-10-19)14-18-13-16(4)7-8-17(18)5/h7-13H,2,6,14H2,1,3-5H3. The molecule has 0 N–H and O–H groups in total. The zero-order chi connectivity index (χ0) is 15.5. The van der Waals surface area contributed by atoms with Crippen LogP contribution in [0.5, 0.6) is 0 Å². The highest BCUT2D eigenvalue weighted by atomic mass is 14.6. The summed E-state index contributed by atoms with van der Waals surface area (Å²) >= 11 is 0. The summed E-state index contributed by atoms with van der Waals surface area (Å²) < 4.78 is 0. The molecular formula is C20H25N. The molecule has 0 amide bonds. The van der Waals surface area contributed by atoms with E-state index in [0.29, 0.717) is 0 Å². The highest BCUT2D eigenvalue weighted by Gasteiger charge is 2.32. The quantitative estimate of drug-likeness (QED) is 0.688. The minimum absolute atomic E-state index is 0.0124. The summed E-state index contributed by atoms with van der Waals surface area (Å²) in [6.45, 7) is 13.1. The minimum atomic E-state index is -0.0124. The Bertz CT molecular complexity index is 628. The van der Waals surface area contributed by atoms with Crippen LogP contribution in [0.3, 0.4) is 0 Å². The lowest BCUT2D eigenvalue weighted by Crippen LogP contribution is -2.29. The van der Waals surface area contributed by atoms with Gasteiger partial charge in [-0.3, -0.25) is 4.98 Å². The number of aryl methyl sites for hydroxylation is 2. The summed E-state index contributed by atoms with van der Waals surface area (Å²) in [5.41, 5.74) is 6.61. The zero-order valence-corrected chi connectivity index (χ0v) is 13.6. The molecule has 1 unspecified atom stereocenters. The van der Waals surface area contributed by atoms with Crippen LogP contribution in [-0.2, 0) is 11.8 Å². The summed E-state index contributed by atoms with van der Waals surface area (Å²) in [5, 5.41) is 0. The molecule has 0 fully saturated rings. The lowest BCUT2D eigenvalue weighted by molar-refractivity contribution is 0.480. The van der Waals surface area contributed by atoms with Crippen molar-refractivity contribution in [2.75, 3.05) is 0 Å². The molecular weight excluding hydrogens is 254 g/mol. The average Bonchev–Trinajstić information content (AvgIpc) is 2.49. The number of nitrogens with zero attached hydrogens (tertiary/aromatic N) is 1. The lowest BCUT2D eigenvalue weighted by atomic mass is 9.69. The summed E-state index contributed by atoms with van der Waals surface area (Å²) in [6.07, 6.45) is 5.80. The van der Waals surface area contributed by atoms with Gasteiger partial charge in [-0.15, -0.1) is 0 Å². The SMILES string of the molecule is C=C(C)C(CC)(Cc1cc(C)ccc1C)c1ccncc1. The van der Waals surface area contributed by atoms with Crippen LogP contribution in [0.2, 0.25) is 0 Å². The molecule has 21 heavy (non-hydrogen) atoms. The topological polar surface area (TPSA) is 12.9 Å². The molecule has 1 nitrogen and oxygen atoms in total. The molecule has 0 aliphatic carbocycles. The molecule has 1 atom stereocenters. The largest absolute Gasteiger partial charge is 0.265 e. The first kappa shape index (κ1) is 15.5. The Morgan fingerprint density at radius 2 is 1.81 bits per heavy atom. The van der Waals surface area contributed by atoms with Crippen LogP contribution in [0.1, 0.15) is 42.5 Å². The van der Waals surface area contributed by atoms with Crippen molar-refractivity contribution in [2.24, 2.45) is 0 Å². The van der Waals surface area contributed by atoms with Crippen molar-refractivity contribution in [2.45, 2.75) is 46.0 Å². The van der Waals surface area contributed by atoms with Crippen molar-refractivity contribution in [1.29, 1.82) is 0 Å². The average molecular weight is 279 g/mol. The van der Waals surface area contributed by atoms with Gasteiger partial charge >= 0.3 is 0 Å². The third kappa shape index (κ3) is 3.07. The summed E-state index contributed by atoms with van der Waals surface area (Å²) in [4.78, 5) is 4.16. The van der Waals surface area contributed by atoms with Crippen molar-refractivity contribution in [3.8, 4) is 0 Å². The molecule has 0 radical (unpaired) electrons. The Balaban J connectivity index is 2.51. The monoisotopic (exact) mass is 279 g/mol. The number of hydrogen-bond acceptors (Lipinski definition) is 1. The number of benzene rings is 1. The van der Waals surface area contributed by atoms with Gasteiger partial charge in [0.25, 0.3) is 0 Å². The van der Waals surface area contributed by atoms with Crippen molar-refractivity contribution < 1.29 is 0 Å². The van der Waals surface area contributed by atoms with Crippen molar-refractivity contribution in [3.63, 3.8) is 0 Å². The van der Waals surface area contributed by atoms with E-state index in [4.69, 9.17) is 0 Å². The van der Waals surface area contributed by atoms with Gasteiger partial charge in [-0.1, -0.05) is 42.8 Å². The Labute approximate surface area is 128 Å². The first-order valence-electron chi connectivity index (χ1n) is 7.62. The molecule has 0 bridgehead atoms. The van der Waals surface area contributed by atoms with Crippen molar-refractivity contribution in [1.82, 2.24) is 4.98 Å². The summed E-state index contributed by atoms with van der Waals surface area (Å²) in [5.74, 6) is 0. The lowest BCUT2D eigenvalue weighted by Gasteiger charge is -2.35. The van der Waals surface area contributed by atoms with Crippen LogP contribution in [0.15, 0.2) is 54.9 Å². The fourth-order valence-corrected chi connectivity index (χ4v) is 3.12. The Morgan fingerprint density at radius 1 is 1.14 bits per heavy atom. The van der Waals surface area contributed by atoms with Crippen LogP contribution < -0.4 is 0 Å². The van der Waals surface area contributed by atoms with Gasteiger partial charge < -0.3 is 0 Å². The van der Waals surface area contributed by atoms with Gasteiger partial charge in [0.05, 0.1) is 0 Å². The fraction of sp³-hybridized carbons (Fsp3) is 0.350. The number of rotatable bonds is 5. The van der Waals surface area contributed by atoms with Gasteiger partial charge in [-0.05, 0) is 62.4 Å². The Kier molecular flexibility index (Phi) is 4.62. The van der Waals surface area contributed by atoms with Crippen LogP contribution in [0.25, 0.3) is 0 Å². The van der Waals surface area contributed by atoms with Crippen molar-refractivity contribution in [3.05, 3.63) is 77.1 Å². The molecule has 2 aromatic rings. The van der Waals surface area contributed by atoms with E-state index in [1.165, 1.54) is 27.8 Å². The molecule has 0 aliphatic heterocycles. The number of hydrogen-bond donors (Lipinski definition) is 0. The molecule has 0 spiro atoms. The van der Waals surface area contributed by atoms with Crippen LogP contribution in [0.4, 0.5) is 0 Å². The summed E-state index contributed by atoms with van der Waals surface area (Å²) in [6, 6.07) is 11.0. The number of pyridine rings is 1. The molecule has 1 aromatic carbocycles. The maximum absolute atomic E-state index is 4.30. The Hall–Kier alpha value is -1.89. The molecule has 0 saturated heterocycles. The van der Waals surface area contributed by atoms with E-state index in [1.54, 1.807) is 0 Å². The Morgan fingerprint density at radius 3 is 2.38 bits per heavy atom. The second-order valence-electron chi connectivity index (χ2n) is 6.06. The van der Waals surface area contributed by atoms with E-state index >= 15 is 0 Å². The van der Waals surface area contributed by atoms with Crippen LogP contribution in [-0.4, -0.2) is 4.98 Å². The van der Waals surface area contributed by atoms with Gasteiger partial charge in [0.1, 0.15) is 0 Å². The van der Waals surface area contributed by atoms with E-state index in [2.05, 4.69) is 69.6 Å². The molecule has 0 aliphatic rings. The number of allylic oxidation sites excluding steroid dienone is 1. The minimum Gasteiger partial charge on any atom is -0.265 e. The normalized spacial score (nSPS) is 13.7. The van der Waals surface area contributed by atoms with E-state index in [0.717, 1.165) is 12.8 Å². The highest BCUT2D eigenvalue weighted by molar-refractivity contribution is 5.40. The van der Waals surface area contributed by atoms with Gasteiger partial charge in [0.2, 0.25) is 0 Å². The van der Waals surface area contributed by atoms with Crippen molar-refractivity contribution >= 4 is 0 Å². The number of aromatic nitrogens is 1. The smallest absolute Gasteiger partial charge is 0.0270 e. The van der Waals surface area contributed by atoms with Gasteiger partial charge in [-0.2, -0.15) is 0 Å². The first-order chi connectivity index (χ1) is 9.99.